The molecule has 6 heteroatoms. The van der Waals surface area contributed by atoms with Gasteiger partial charge in [-0.1, -0.05) is 0 Å². The van der Waals surface area contributed by atoms with E-state index in [0.29, 0.717) is 23.7 Å². The van der Waals surface area contributed by atoms with Crippen LogP contribution in [0.5, 0.6) is 17.2 Å². The van der Waals surface area contributed by atoms with Crippen molar-refractivity contribution in [1.82, 2.24) is 0 Å². The van der Waals surface area contributed by atoms with Gasteiger partial charge < -0.3 is 23.8 Å². The number of carbonyl (C=O) groups excluding carboxylic acids is 1. The molecule has 0 aliphatic carbocycles. The van der Waals surface area contributed by atoms with E-state index in [1.807, 2.05) is 18.2 Å². The SMILES string of the molecule is COc1ccc(N(C)C(=O)c2ccc(OC[C@H]3CCCO3)cc2)cc1OC. The molecule has 1 fully saturated rings. The lowest BCUT2D eigenvalue weighted by Gasteiger charge is -2.19. The third-order valence-corrected chi connectivity index (χ3v) is 4.62. The number of carbonyl (C=O) groups is 1. The Balaban J connectivity index is 1.65. The maximum absolute atomic E-state index is 12.8. The van der Waals surface area contributed by atoms with Gasteiger partial charge in [-0.05, 0) is 49.2 Å². The van der Waals surface area contributed by atoms with Crippen molar-refractivity contribution in [2.75, 3.05) is 39.4 Å². The van der Waals surface area contributed by atoms with Crippen LogP contribution in [0.15, 0.2) is 42.5 Å². The number of nitrogens with zero attached hydrogens (tertiary/aromatic N) is 1. The molecule has 2 aromatic carbocycles. The largest absolute Gasteiger partial charge is 0.493 e. The average molecular weight is 371 g/mol. The second-order valence-corrected chi connectivity index (χ2v) is 6.37. The molecule has 1 atom stereocenters. The first kappa shape index (κ1) is 19.0. The van der Waals surface area contributed by atoms with Crippen LogP contribution in [0.4, 0.5) is 5.69 Å². The molecule has 1 saturated heterocycles. The summed E-state index contributed by atoms with van der Waals surface area (Å²) >= 11 is 0. The highest BCUT2D eigenvalue weighted by molar-refractivity contribution is 6.05. The van der Waals surface area contributed by atoms with Gasteiger partial charge in [0.25, 0.3) is 5.91 Å². The lowest BCUT2D eigenvalue weighted by atomic mass is 10.1. The Morgan fingerprint density at radius 1 is 1.11 bits per heavy atom. The fourth-order valence-electron chi connectivity index (χ4n) is 3.00. The Bertz CT molecular complexity index is 769. The number of hydrogen-bond donors (Lipinski definition) is 0. The zero-order valence-electron chi connectivity index (χ0n) is 15.9. The van der Waals surface area contributed by atoms with E-state index >= 15 is 0 Å². The minimum atomic E-state index is -0.118. The van der Waals surface area contributed by atoms with Crippen LogP contribution in [-0.4, -0.2) is 46.5 Å². The molecule has 0 radical (unpaired) electrons. The van der Waals surface area contributed by atoms with Crippen molar-refractivity contribution in [1.29, 1.82) is 0 Å². The van der Waals surface area contributed by atoms with Crippen LogP contribution in [0.1, 0.15) is 23.2 Å². The first-order valence-corrected chi connectivity index (χ1v) is 8.97. The summed E-state index contributed by atoms with van der Waals surface area (Å²) in [5.41, 5.74) is 1.30. The number of amides is 1. The highest BCUT2D eigenvalue weighted by Gasteiger charge is 2.17. The standard InChI is InChI=1S/C21H25NO5/c1-22(16-8-11-19(24-2)20(13-16)25-3)21(23)15-6-9-17(10-7-15)27-14-18-5-4-12-26-18/h6-11,13,18H,4-5,12,14H2,1-3H3/t18-/m1/s1. The first-order valence-electron chi connectivity index (χ1n) is 8.97. The Morgan fingerprint density at radius 3 is 2.48 bits per heavy atom. The lowest BCUT2D eigenvalue weighted by molar-refractivity contribution is 0.0679. The van der Waals surface area contributed by atoms with Gasteiger partial charge in [0.05, 0.1) is 20.3 Å². The predicted octanol–water partition coefficient (Wildman–Crippen LogP) is 3.54. The van der Waals surface area contributed by atoms with Gasteiger partial charge in [0.1, 0.15) is 12.4 Å². The van der Waals surface area contributed by atoms with Gasteiger partial charge >= 0.3 is 0 Å². The Morgan fingerprint density at radius 2 is 1.85 bits per heavy atom. The van der Waals surface area contributed by atoms with Gasteiger partial charge in [-0.15, -0.1) is 0 Å². The minimum absolute atomic E-state index is 0.118. The molecule has 0 N–H and O–H groups in total. The van der Waals surface area contributed by atoms with E-state index in [4.69, 9.17) is 18.9 Å². The normalized spacial score (nSPS) is 16.0. The Kier molecular flexibility index (Phi) is 6.19. The van der Waals surface area contributed by atoms with Gasteiger partial charge in [0.15, 0.2) is 11.5 Å². The molecular formula is C21H25NO5. The van der Waals surface area contributed by atoms with Crippen molar-refractivity contribution in [2.24, 2.45) is 0 Å². The summed E-state index contributed by atoms with van der Waals surface area (Å²) in [6.45, 7) is 1.35. The Labute approximate surface area is 159 Å². The summed E-state index contributed by atoms with van der Waals surface area (Å²) in [6, 6.07) is 12.5. The Hall–Kier alpha value is -2.73. The summed E-state index contributed by atoms with van der Waals surface area (Å²) in [5, 5.41) is 0. The monoisotopic (exact) mass is 371 g/mol. The first-order chi connectivity index (χ1) is 13.1. The highest BCUT2D eigenvalue weighted by atomic mass is 16.5. The maximum atomic E-state index is 12.8. The number of hydrogen-bond acceptors (Lipinski definition) is 5. The van der Waals surface area contributed by atoms with Crippen molar-refractivity contribution in [3.8, 4) is 17.2 Å². The molecule has 0 bridgehead atoms. The van der Waals surface area contributed by atoms with Gasteiger partial charge in [0.2, 0.25) is 0 Å². The molecule has 144 valence electrons. The second-order valence-electron chi connectivity index (χ2n) is 6.37. The van der Waals surface area contributed by atoms with E-state index in [-0.39, 0.29) is 12.0 Å². The van der Waals surface area contributed by atoms with Gasteiger partial charge in [-0.25, -0.2) is 0 Å². The van der Waals surface area contributed by atoms with Crippen LogP contribution >= 0.6 is 0 Å². The number of rotatable bonds is 7. The molecule has 0 spiro atoms. The molecule has 0 aromatic heterocycles. The third-order valence-electron chi connectivity index (χ3n) is 4.62. The number of methoxy groups -OCH3 is 2. The molecule has 1 amide bonds. The van der Waals surface area contributed by atoms with Crippen molar-refractivity contribution < 1.29 is 23.7 Å². The van der Waals surface area contributed by atoms with Crippen molar-refractivity contribution >= 4 is 11.6 Å². The van der Waals surface area contributed by atoms with Gasteiger partial charge in [-0.3, -0.25) is 4.79 Å². The molecule has 0 unspecified atom stereocenters. The number of anilines is 1. The molecule has 6 nitrogen and oxygen atoms in total. The van der Waals surface area contributed by atoms with Crippen LogP contribution < -0.4 is 19.1 Å². The van der Waals surface area contributed by atoms with Crippen LogP contribution in [0, 0.1) is 0 Å². The van der Waals surface area contributed by atoms with Gasteiger partial charge in [-0.2, -0.15) is 0 Å². The van der Waals surface area contributed by atoms with Gasteiger partial charge in [0, 0.05) is 31.0 Å². The number of benzene rings is 2. The topological polar surface area (TPSA) is 57.2 Å². The van der Waals surface area contributed by atoms with E-state index in [0.717, 1.165) is 30.9 Å². The lowest BCUT2D eigenvalue weighted by Crippen LogP contribution is -2.26. The molecule has 1 aliphatic heterocycles. The summed E-state index contributed by atoms with van der Waals surface area (Å²) in [4.78, 5) is 14.3. The summed E-state index contributed by atoms with van der Waals surface area (Å²) in [7, 11) is 4.87. The molecule has 27 heavy (non-hydrogen) atoms. The summed E-state index contributed by atoms with van der Waals surface area (Å²) < 4.78 is 21.8. The second kappa shape index (κ2) is 8.77. The van der Waals surface area contributed by atoms with Crippen molar-refractivity contribution in [3.63, 3.8) is 0 Å². The summed E-state index contributed by atoms with van der Waals surface area (Å²) in [6.07, 6.45) is 2.29. The molecule has 3 rings (SSSR count). The van der Waals surface area contributed by atoms with Crippen LogP contribution in [0.2, 0.25) is 0 Å². The van der Waals surface area contributed by atoms with Crippen molar-refractivity contribution in [3.05, 3.63) is 48.0 Å². The van der Waals surface area contributed by atoms with Crippen LogP contribution in [0.25, 0.3) is 0 Å². The average Bonchev–Trinajstić information content (AvgIpc) is 3.24. The molecule has 2 aromatic rings. The third kappa shape index (κ3) is 4.52. The van der Waals surface area contributed by atoms with E-state index in [9.17, 15) is 4.79 Å². The smallest absolute Gasteiger partial charge is 0.258 e. The quantitative estimate of drug-likeness (QED) is 0.745. The molecule has 1 aliphatic rings. The van der Waals surface area contributed by atoms with Crippen LogP contribution in [0.3, 0.4) is 0 Å². The molecule has 0 saturated carbocycles. The van der Waals surface area contributed by atoms with E-state index < -0.39 is 0 Å². The van der Waals surface area contributed by atoms with Crippen molar-refractivity contribution in [2.45, 2.75) is 18.9 Å². The highest BCUT2D eigenvalue weighted by Crippen LogP contribution is 2.31. The van der Waals surface area contributed by atoms with E-state index in [1.165, 1.54) is 0 Å². The minimum Gasteiger partial charge on any atom is -0.493 e. The van der Waals surface area contributed by atoms with Crippen LogP contribution in [-0.2, 0) is 4.74 Å². The predicted molar refractivity (Wildman–Crippen MR) is 103 cm³/mol. The van der Waals surface area contributed by atoms with E-state index in [2.05, 4.69) is 0 Å². The maximum Gasteiger partial charge on any atom is 0.258 e. The fourth-order valence-corrected chi connectivity index (χ4v) is 3.00. The molecular weight excluding hydrogens is 346 g/mol. The van der Waals surface area contributed by atoms with E-state index in [1.54, 1.807) is 50.4 Å². The number of ether oxygens (including phenoxy) is 4. The zero-order valence-corrected chi connectivity index (χ0v) is 15.9. The summed E-state index contributed by atoms with van der Waals surface area (Å²) in [5.74, 6) is 1.81. The zero-order chi connectivity index (χ0) is 19.2. The molecule has 1 heterocycles. The fraction of sp³-hybridized carbons (Fsp3) is 0.381.